The molecule has 3 nitrogen and oxygen atoms in total. The number of amides is 1. The second-order valence-electron chi connectivity index (χ2n) is 4.91. The maximum Gasteiger partial charge on any atom is 0.273 e. The molecule has 0 N–H and O–H groups in total. The van der Waals surface area contributed by atoms with E-state index in [0.717, 1.165) is 18.4 Å². The summed E-state index contributed by atoms with van der Waals surface area (Å²) in [5.41, 5.74) is 1.29. The van der Waals surface area contributed by atoms with Gasteiger partial charge in [-0.25, -0.2) is 4.98 Å². The molecule has 0 spiro atoms. The van der Waals surface area contributed by atoms with E-state index in [4.69, 9.17) is 0 Å². The van der Waals surface area contributed by atoms with Crippen LogP contribution in [0.1, 0.15) is 34.9 Å². The van der Waals surface area contributed by atoms with Crippen LogP contribution in [-0.2, 0) is 0 Å². The maximum atomic E-state index is 13.2. The van der Waals surface area contributed by atoms with Crippen molar-refractivity contribution in [3.05, 3.63) is 65.7 Å². The molecule has 2 aromatic rings. The standard InChI is InChI=1S/C16H15FN2O/c17-15-10-4-8-13(18-15)16(20)19-11-5-9-14(19)12-6-2-1-3-7-12/h1-4,6-8,10,14H,5,9,11H2. The highest BCUT2D eigenvalue weighted by Gasteiger charge is 2.31. The van der Waals surface area contributed by atoms with Crippen LogP contribution in [0.25, 0.3) is 0 Å². The van der Waals surface area contributed by atoms with Gasteiger partial charge in [-0.15, -0.1) is 0 Å². The molecular formula is C16H15FN2O. The quantitative estimate of drug-likeness (QED) is 0.785. The zero-order chi connectivity index (χ0) is 13.9. The summed E-state index contributed by atoms with van der Waals surface area (Å²) in [5.74, 6) is -0.817. The third-order valence-electron chi connectivity index (χ3n) is 3.63. The first-order valence-electron chi connectivity index (χ1n) is 6.74. The number of rotatable bonds is 2. The molecule has 0 radical (unpaired) electrons. The molecule has 0 aliphatic carbocycles. The normalized spacial score (nSPS) is 18.2. The predicted octanol–water partition coefficient (Wildman–Crippen LogP) is 3.20. The highest BCUT2D eigenvalue weighted by molar-refractivity contribution is 5.92. The lowest BCUT2D eigenvalue weighted by molar-refractivity contribution is 0.0728. The number of pyridine rings is 1. The molecule has 1 fully saturated rings. The van der Waals surface area contributed by atoms with E-state index in [9.17, 15) is 9.18 Å². The van der Waals surface area contributed by atoms with Crippen LogP contribution in [0, 0.1) is 5.95 Å². The Bertz CT molecular complexity index is 615. The van der Waals surface area contributed by atoms with Gasteiger partial charge in [-0.3, -0.25) is 4.79 Å². The van der Waals surface area contributed by atoms with Gasteiger partial charge in [0.15, 0.2) is 0 Å². The molecule has 1 aromatic heterocycles. The molecule has 1 saturated heterocycles. The number of hydrogen-bond donors (Lipinski definition) is 0. The van der Waals surface area contributed by atoms with Crippen molar-refractivity contribution in [3.8, 4) is 0 Å². The van der Waals surface area contributed by atoms with Gasteiger partial charge in [0, 0.05) is 6.54 Å². The third-order valence-corrected chi connectivity index (χ3v) is 3.63. The molecule has 0 bridgehead atoms. The second kappa shape index (κ2) is 5.41. The van der Waals surface area contributed by atoms with Crippen molar-refractivity contribution >= 4 is 5.91 Å². The zero-order valence-electron chi connectivity index (χ0n) is 11.0. The molecule has 102 valence electrons. The summed E-state index contributed by atoms with van der Waals surface area (Å²) in [5, 5.41) is 0. The molecule has 1 atom stereocenters. The summed E-state index contributed by atoms with van der Waals surface area (Å²) >= 11 is 0. The minimum absolute atomic E-state index is 0.0637. The Kier molecular flexibility index (Phi) is 3.46. The lowest BCUT2D eigenvalue weighted by Gasteiger charge is -2.24. The van der Waals surface area contributed by atoms with Crippen LogP contribution in [0.4, 0.5) is 4.39 Å². The minimum Gasteiger partial charge on any atom is -0.330 e. The van der Waals surface area contributed by atoms with Gasteiger partial charge >= 0.3 is 0 Å². The van der Waals surface area contributed by atoms with Crippen LogP contribution in [0.2, 0.25) is 0 Å². The monoisotopic (exact) mass is 270 g/mol. The predicted molar refractivity (Wildman–Crippen MR) is 73.6 cm³/mol. The molecule has 1 amide bonds. The number of carbonyl (C=O) groups is 1. The van der Waals surface area contributed by atoms with Crippen LogP contribution >= 0.6 is 0 Å². The zero-order valence-corrected chi connectivity index (χ0v) is 11.0. The molecule has 1 aliphatic heterocycles. The van der Waals surface area contributed by atoms with Crippen molar-refractivity contribution < 1.29 is 9.18 Å². The van der Waals surface area contributed by atoms with Gasteiger partial charge in [-0.2, -0.15) is 4.39 Å². The molecule has 2 heterocycles. The van der Waals surface area contributed by atoms with Gasteiger partial charge in [0.1, 0.15) is 5.69 Å². The van der Waals surface area contributed by atoms with E-state index in [1.165, 1.54) is 12.1 Å². The van der Waals surface area contributed by atoms with Crippen LogP contribution in [-0.4, -0.2) is 22.3 Å². The molecular weight excluding hydrogens is 255 g/mol. The summed E-state index contributed by atoms with van der Waals surface area (Å²) < 4.78 is 13.2. The van der Waals surface area contributed by atoms with Crippen molar-refractivity contribution in [2.24, 2.45) is 0 Å². The summed E-state index contributed by atoms with van der Waals surface area (Å²) in [4.78, 5) is 18.0. The molecule has 0 saturated carbocycles. The highest BCUT2D eigenvalue weighted by atomic mass is 19.1. The minimum atomic E-state index is -0.619. The number of halogens is 1. The van der Waals surface area contributed by atoms with Gasteiger partial charge in [-0.1, -0.05) is 36.4 Å². The fourth-order valence-corrected chi connectivity index (χ4v) is 2.71. The average molecular weight is 270 g/mol. The molecule has 1 aliphatic rings. The van der Waals surface area contributed by atoms with Crippen molar-refractivity contribution in [2.45, 2.75) is 18.9 Å². The Hall–Kier alpha value is -2.23. The van der Waals surface area contributed by atoms with Crippen LogP contribution < -0.4 is 0 Å². The van der Waals surface area contributed by atoms with Crippen LogP contribution in [0.15, 0.2) is 48.5 Å². The smallest absolute Gasteiger partial charge is 0.273 e. The molecule has 1 aromatic carbocycles. The van der Waals surface area contributed by atoms with Gasteiger partial charge < -0.3 is 4.90 Å². The number of carbonyl (C=O) groups excluding carboxylic acids is 1. The SMILES string of the molecule is O=C(c1cccc(F)n1)N1CCCC1c1ccccc1. The van der Waals surface area contributed by atoms with E-state index < -0.39 is 5.95 Å². The summed E-state index contributed by atoms with van der Waals surface area (Å²) in [6, 6.07) is 14.3. The summed E-state index contributed by atoms with van der Waals surface area (Å²) in [6.07, 6.45) is 1.89. The van der Waals surface area contributed by atoms with Crippen molar-refractivity contribution in [1.29, 1.82) is 0 Å². The fraction of sp³-hybridized carbons (Fsp3) is 0.250. The molecule has 3 rings (SSSR count). The Balaban J connectivity index is 1.87. The molecule has 20 heavy (non-hydrogen) atoms. The topological polar surface area (TPSA) is 33.2 Å². The lowest BCUT2D eigenvalue weighted by atomic mass is 10.0. The summed E-state index contributed by atoms with van der Waals surface area (Å²) in [6.45, 7) is 0.691. The maximum absolute atomic E-state index is 13.2. The first kappa shape index (κ1) is 12.8. The Morgan fingerprint density at radius 2 is 1.95 bits per heavy atom. The first-order valence-corrected chi connectivity index (χ1v) is 6.74. The Morgan fingerprint density at radius 1 is 1.15 bits per heavy atom. The lowest BCUT2D eigenvalue weighted by Crippen LogP contribution is -2.31. The van der Waals surface area contributed by atoms with Crippen molar-refractivity contribution in [2.75, 3.05) is 6.54 Å². The first-order chi connectivity index (χ1) is 9.75. The van der Waals surface area contributed by atoms with E-state index in [1.54, 1.807) is 11.0 Å². The van der Waals surface area contributed by atoms with Crippen LogP contribution in [0.5, 0.6) is 0 Å². The van der Waals surface area contributed by atoms with E-state index in [1.807, 2.05) is 30.3 Å². The van der Waals surface area contributed by atoms with Crippen LogP contribution in [0.3, 0.4) is 0 Å². The number of likely N-dealkylation sites (tertiary alicyclic amines) is 1. The molecule has 4 heteroatoms. The van der Waals surface area contributed by atoms with Crippen molar-refractivity contribution in [1.82, 2.24) is 9.88 Å². The van der Waals surface area contributed by atoms with E-state index in [0.29, 0.717) is 6.54 Å². The Labute approximate surface area is 117 Å². The average Bonchev–Trinajstić information content (AvgIpc) is 2.97. The van der Waals surface area contributed by atoms with Gasteiger partial charge in [0.2, 0.25) is 5.95 Å². The number of benzene rings is 1. The fourth-order valence-electron chi connectivity index (χ4n) is 2.71. The Morgan fingerprint density at radius 3 is 2.70 bits per heavy atom. The largest absolute Gasteiger partial charge is 0.330 e. The van der Waals surface area contributed by atoms with E-state index in [-0.39, 0.29) is 17.6 Å². The number of nitrogens with zero attached hydrogens (tertiary/aromatic N) is 2. The number of aromatic nitrogens is 1. The second-order valence-corrected chi connectivity index (χ2v) is 4.91. The summed E-state index contributed by atoms with van der Waals surface area (Å²) in [7, 11) is 0. The third kappa shape index (κ3) is 2.41. The van der Waals surface area contributed by atoms with Crippen molar-refractivity contribution in [3.63, 3.8) is 0 Å². The van der Waals surface area contributed by atoms with Gasteiger partial charge in [-0.05, 0) is 30.5 Å². The van der Waals surface area contributed by atoms with Gasteiger partial charge in [0.25, 0.3) is 5.91 Å². The number of hydrogen-bond acceptors (Lipinski definition) is 2. The van der Waals surface area contributed by atoms with E-state index >= 15 is 0 Å². The molecule has 1 unspecified atom stereocenters. The van der Waals surface area contributed by atoms with E-state index in [2.05, 4.69) is 4.98 Å². The highest BCUT2D eigenvalue weighted by Crippen LogP contribution is 2.32. The van der Waals surface area contributed by atoms with Gasteiger partial charge in [0.05, 0.1) is 6.04 Å².